The lowest BCUT2D eigenvalue weighted by Crippen LogP contribution is -2.41. The minimum absolute atomic E-state index is 0.00647. The molecule has 3 heterocycles. The Morgan fingerprint density at radius 2 is 1.57 bits per heavy atom. The van der Waals surface area contributed by atoms with E-state index in [1.165, 1.54) is 16.5 Å². The van der Waals surface area contributed by atoms with E-state index in [-0.39, 0.29) is 18.1 Å². The molecule has 0 aliphatic carbocycles. The lowest BCUT2D eigenvalue weighted by Gasteiger charge is -2.32. The van der Waals surface area contributed by atoms with Crippen molar-refractivity contribution in [3.63, 3.8) is 0 Å². The van der Waals surface area contributed by atoms with Crippen LogP contribution in [0.1, 0.15) is 86.8 Å². The van der Waals surface area contributed by atoms with Gasteiger partial charge in [-0.2, -0.15) is 13.2 Å². The fourth-order valence-corrected chi connectivity index (χ4v) is 3.42. The first-order valence-corrected chi connectivity index (χ1v) is 13.7. The molecule has 11 heteroatoms. The number of aromatic nitrogens is 3. The molecule has 3 aromatic rings. The number of anilines is 1. The van der Waals surface area contributed by atoms with Crippen molar-refractivity contribution in [1.82, 2.24) is 14.6 Å². The molecule has 2 aromatic heterocycles. The van der Waals surface area contributed by atoms with Crippen LogP contribution in [0.3, 0.4) is 0 Å². The summed E-state index contributed by atoms with van der Waals surface area (Å²) >= 11 is 0. The molecule has 0 spiro atoms. The van der Waals surface area contributed by atoms with Crippen molar-refractivity contribution < 1.29 is 26.9 Å². The molecule has 1 fully saturated rings. The SMILES string of the molecule is C/C=C\CC.CC.CC.CC1(C)OB(c2ccc(CNc3nnc4ccc(C(F)(F)F)cn34)c(F)c2)OC1(C)C. The predicted octanol–water partition coefficient (Wildman–Crippen LogP) is 7.82. The third kappa shape index (κ3) is 8.79. The van der Waals surface area contributed by atoms with E-state index in [1.807, 2.05) is 62.3 Å². The summed E-state index contributed by atoms with van der Waals surface area (Å²) in [6, 6.07) is 6.77. The molecule has 0 unspecified atom stereocenters. The number of fused-ring (bicyclic) bond motifs is 1. The average Bonchev–Trinajstić information content (AvgIpc) is 3.41. The second-order valence-corrected chi connectivity index (χ2v) is 9.44. The maximum absolute atomic E-state index is 14.7. The molecule has 0 atom stereocenters. The number of hydrogen-bond donors (Lipinski definition) is 1. The van der Waals surface area contributed by atoms with Gasteiger partial charge in [0.25, 0.3) is 0 Å². The first-order valence-electron chi connectivity index (χ1n) is 13.7. The van der Waals surface area contributed by atoms with Crippen molar-refractivity contribution in [3.8, 4) is 0 Å². The molecule has 1 aliphatic heterocycles. The van der Waals surface area contributed by atoms with Gasteiger partial charge in [0.2, 0.25) is 5.95 Å². The number of allylic oxidation sites excluding steroid dienone is 2. The average molecular weight is 566 g/mol. The van der Waals surface area contributed by atoms with E-state index in [0.717, 1.165) is 18.7 Å². The molecule has 40 heavy (non-hydrogen) atoms. The van der Waals surface area contributed by atoms with E-state index in [9.17, 15) is 17.6 Å². The highest BCUT2D eigenvalue weighted by Gasteiger charge is 2.51. The number of nitrogens with one attached hydrogen (secondary N) is 1. The quantitative estimate of drug-likeness (QED) is 0.194. The topological polar surface area (TPSA) is 60.7 Å². The molecule has 222 valence electrons. The highest BCUT2D eigenvalue weighted by Crippen LogP contribution is 2.36. The highest BCUT2D eigenvalue weighted by molar-refractivity contribution is 6.62. The Balaban J connectivity index is 0.000000789. The van der Waals surface area contributed by atoms with Gasteiger partial charge in [0.1, 0.15) is 5.82 Å². The van der Waals surface area contributed by atoms with Crippen LogP contribution in [0.25, 0.3) is 5.65 Å². The Morgan fingerprint density at radius 1 is 0.975 bits per heavy atom. The first-order chi connectivity index (χ1) is 18.8. The second-order valence-electron chi connectivity index (χ2n) is 9.44. The van der Waals surface area contributed by atoms with Gasteiger partial charge in [0, 0.05) is 18.3 Å². The molecule has 0 radical (unpaired) electrons. The van der Waals surface area contributed by atoms with Crippen molar-refractivity contribution in [2.45, 2.75) is 99.6 Å². The number of nitrogens with zero attached hydrogens (tertiary/aromatic N) is 3. The van der Waals surface area contributed by atoms with E-state index in [1.54, 1.807) is 12.1 Å². The lowest BCUT2D eigenvalue weighted by molar-refractivity contribution is -0.137. The van der Waals surface area contributed by atoms with Gasteiger partial charge in [-0.25, -0.2) is 4.39 Å². The number of rotatable bonds is 5. The predicted molar refractivity (Wildman–Crippen MR) is 155 cm³/mol. The Morgan fingerprint density at radius 3 is 2.05 bits per heavy atom. The van der Waals surface area contributed by atoms with Crippen molar-refractivity contribution in [2.24, 2.45) is 0 Å². The van der Waals surface area contributed by atoms with Crippen LogP contribution >= 0.6 is 0 Å². The molecular formula is C29H43BF4N4O2. The molecule has 0 saturated carbocycles. The number of alkyl halides is 3. The summed E-state index contributed by atoms with van der Waals surface area (Å²) in [6.07, 6.45) is 1.75. The zero-order chi connectivity index (χ0) is 30.7. The standard InChI is InChI=1S/C20H21BF4N4O2.C5H10.2C2H6/c1-18(2)19(3,4)31-21(30-18)14-7-5-12(15(22)9-14)10-26-17-28-27-16-8-6-13(11-29(16)17)20(23,24)25;1-3-5-4-2;2*1-2/h5-9,11H,10H2,1-4H3,(H,26,28);3,5H,4H2,1-2H3;2*1-2H3/b;5-3-;;. The Kier molecular flexibility index (Phi) is 13.3. The van der Waals surface area contributed by atoms with Gasteiger partial charge in [0.15, 0.2) is 5.65 Å². The van der Waals surface area contributed by atoms with Gasteiger partial charge in [0.05, 0.1) is 16.8 Å². The third-order valence-corrected chi connectivity index (χ3v) is 6.24. The van der Waals surface area contributed by atoms with Crippen LogP contribution in [0.5, 0.6) is 0 Å². The lowest BCUT2D eigenvalue weighted by atomic mass is 9.78. The maximum atomic E-state index is 14.7. The number of pyridine rings is 1. The number of benzene rings is 1. The molecule has 0 bridgehead atoms. The second kappa shape index (κ2) is 15.2. The largest absolute Gasteiger partial charge is 0.494 e. The summed E-state index contributed by atoms with van der Waals surface area (Å²) in [7, 11) is -0.692. The van der Waals surface area contributed by atoms with E-state index < -0.39 is 35.9 Å². The van der Waals surface area contributed by atoms with Gasteiger partial charge in [-0.15, -0.1) is 10.2 Å². The Bertz CT molecular complexity index is 1210. The Labute approximate surface area is 236 Å². The van der Waals surface area contributed by atoms with Crippen LogP contribution in [-0.4, -0.2) is 32.9 Å². The van der Waals surface area contributed by atoms with Crippen molar-refractivity contribution in [1.29, 1.82) is 0 Å². The Hall–Kier alpha value is -2.92. The minimum Gasteiger partial charge on any atom is -0.399 e. The van der Waals surface area contributed by atoms with Crippen LogP contribution in [0.4, 0.5) is 23.5 Å². The smallest absolute Gasteiger partial charge is 0.399 e. The molecule has 1 saturated heterocycles. The van der Waals surface area contributed by atoms with Crippen molar-refractivity contribution >= 4 is 24.2 Å². The van der Waals surface area contributed by atoms with Gasteiger partial charge < -0.3 is 14.6 Å². The van der Waals surface area contributed by atoms with Gasteiger partial charge in [-0.05, 0) is 64.7 Å². The summed E-state index contributed by atoms with van der Waals surface area (Å²) in [5.41, 5.74) is -0.823. The van der Waals surface area contributed by atoms with Crippen LogP contribution in [0.15, 0.2) is 48.7 Å². The zero-order valence-electron chi connectivity index (χ0n) is 25.3. The number of hydrogen-bond acceptors (Lipinski definition) is 5. The maximum Gasteiger partial charge on any atom is 0.494 e. The first kappa shape index (κ1) is 35.1. The molecule has 6 nitrogen and oxygen atoms in total. The van der Waals surface area contributed by atoms with E-state index in [0.29, 0.717) is 11.0 Å². The van der Waals surface area contributed by atoms with Crippen molar-refractivity contribution in [3.05, 3.63) is 65.6 Å². The molecule has 4 rings (SSSR count). The fourth-order valence-electron chi connectivity index (χ4n) is 3.42. The van der Waals surface area contributed by atoms with Gasteiger partial charge in [-0.1, -0.05) is 58.9 Å². The fraction of sp³-hybridized carbons (Fsp3) is 0.517. The summed E-state index contributed by atoms with van der Waals surface area (Å²) in [6.45, 7) is 19.8. The molecule has 1 aromatic carbocycles. The molecule has 1 aliphatic rings. The van der Waals surface area contributed by atoms with Crippen LogP contribution in [-0.2, 0) is 22.0 Å². The third-order valence-electron chi connectivity index (χ3n) is 6.24. The summed E-state index contributed by atoms with van der Waals surface area (Å²) in [5, 5.41) is 10.5. The van der Waals surface area contributed by atoms with Crippen LogP contribution < -0.4 is 10.8 Å². The van der Waals surface area contributed by atoms with Crippen LogP contribution in [0, 0.1) is 5.82 Å². The summed E-state index contributed by atoms with van der Waals surface area (Å²) < 4.78 is 66.7. The van der Waals surface area contributed by atoms with Crippen LogP contribution in [0.2, 0.25) is 0 Å². The summed E-state index contributed by atoms with van der Waals surface area (Å²) in [5.74, 6) is -0.417. The minimum atomic E-state index is -4.49. The van der Waals surface area contributed by atoms with Crippen molar-refractivity contribution in [2.75, 3.05) is 5.32 Å². The highest BCUT2D eigenvalue weighted by atomic mass is 19.4. The number of halogens is 4. The van der Waals surface area contributed by atoms with E-state index >= 15 is 0 Å². The van der Waals surface area contributed by atoms with E-state index in [2.05, 4.69) is 34.6 Å². The molecule has 1 N–H and O–H groups in total. The molecular weight excluding hydrogens is 523 g/mol. The monoisotopic (exact) mass is 566 g/mol. The molecule has 0 amide bonds. The zero-order valence-corrected chi connectivity index (χ0v) is 25.3. The van der Waals surface area contributed by atoms with Gasteiger partial charge >= 0.3 is 13.3 Å². The van der Waals surface area contributed by atoms with E-state index in [4.69, 9.17) is 9.31 Å². The van der Waals surface area contributed by atoms with Gasteiger partial charge in [-0.3, -0.25) is 4.40 Å². The normalized spacial score (nSPS) is 15.5. The summed E-state index contributed by atoms with van der Waals surface area (Å²) in [4.78, 5) is 0.